The van der Waals surface area contributed by atoms with E-state index in [-0.39, 0.29) is 6.03 Å². The van der Waals surface area contributed by atoms with Crippen LogP contribution in [0.3, 0.4) is 0 Å². The molecule has 2 atom stereocenters. The Kier molecular flexibility index (Phi) is 6.36. The monoisotopic (exact) mass is 324 g/mol. The van der Waals surface area contributed by atoms with Crippen LogP contribution >= 0.6 is 22.6 Å². The fourth-order valence-corrected chi connectivity index (χ4v) is 2.83. The first-order valence-corrected chi connectivity index (χ1v) is 7.17. The quantitative estimate of drug-likeness (QED) is 0.466. The van der Waals surface area contributed by atoms with Gasteiger partial charge in [0.15, 0.2) is 0 Å². The van der Waals surface area contributed by atoms with Crippen molar-refractivity contribution in [3.05, 3.63) is 0 Å². The van der Waals surface area contributed by atoms with Gasteiger partial charge < -0.3 is 10.6 Å². The number of nitrogens with one attached hydrogen (secondary N) is 2. The van der Waals surface area contributed by atoms with E-state index in [9.17, 15) is 4.79 Å². The van der Waals surface area contributed by atoms with Crippen LogP contribution in [0.25, 0.3) is 0 Å². The number of urea groups is 1. The molecule has 1 aliphatic rings. The molecule has 0 saturated heterocycles. The van der Waals surface area contributed by atoms with Gasteiger partial charge in [0.2, 0.25) is 0 Å². The van der Waals surface area contributed by atoms with Gasteiger partial charge in [-0.05, 0) is 19.3 Å². The van der Waals surface area contributed by atoms with Gasteiger partial charge in [-0.1, -0.05) is 48.8 Å². The molecule has 2 amide bonds. The number of alkyl halides is 1. The number of rotatable bonds is 4. The lowest BCUT2D eigenvalue weighted by molar-refractivity contribution is 0.233. The first kappa shape index (κ1) is 13.1. The largest absolute Gasteiger partial charge is 0.338 e. The molecule has 2 N–H and O–H groups in total. The van der Waals surface area contributed by atoms with Gasteiger partial charge in [0.25, 0.3) is 0 Å². The summed E-state index contributed by atoms with van der Waals surface area (Å²) in [4.78, 5) is 11.5. The predicted octanol–water partition coefficient (Wildman–Crippen LogP) is 2.83. The highest BCUT2D eigenvalue weighted by Crippen LogP contribution is 2.24. The Bertz CT molecular complexity index is 199. The molecule has 88 valence electrons. The van der Waals surface area contributed by atoms with Crippen LogP contribution in [0.1, 0.15) is 45.4 Å². The van der Waals surface area contributed by atoms with Gasteiger partial charge in [0, 0.05) is 16.5 Å². The topological polar surface area (TPSA) is 41.1 Å². The first-order valence-electron chi connectivity index (χ1n) is 5.92. The third-order valence-corrected chi connectivity index (χ3v) is 4.30. The summed E-state index contributed by atoms with van der Waals surface area (Å²) >= 11 is 2.45. The van der Waals surface area contributed by atoms with Gasteiger partial charge in [-0.15, -0.1) is 0 Å². The van der Waals surface area contributed by atoms with Crippen molar-refractivity contribution >= 4 is 28.6 Å². The van der Waals surface area contributed by atoms with Gasteiger partial charge in [-0.2, -0.15) is 0 Å². The molecule has 1 saturated carbocycles. The zero-order valence-corrected chi connectivity index (χ0v) is 11.5. The number of hydrogen-bond acceptors (Lipinski definition) is 1. The summed E-state index contributed by atoms with van der Waals surface area (Å²) in [6.07, 6.45) is 7.11. The number of hydrogen-bond donors (Lipinski definition) is 2. The van der Waals surface area contributed by atoms with E-state index in [0.717, 1.165) is 25.8 Å². The minimum Gasteiger partial charge on any atom is -0.338 e. The number of amides is 2. The summed E-state index contributed by atoms with van der Waals surface area (Å²) in [5, 5.41) is 5.97. The van der Waals surface area contributed by atoms with Crippen molar-refractivity contribution in [3.8, 4) is 0 Å². The lowest BCUT2D eigenvalue weighted by atomic mass is 9.95. The first-order chi connectivity index (χ1) is 7.24. The highest BCUT2D eigenvalue weighted by Gasteiger charge is 2.23. The van der Waals surface area contributed by atoms with Crippen LogP contribution in [-0.4, -0.2) is 22.5 Å². The molecule has 0 aromatic carbocycles. The number of unbranched alkanes of at least 4 members (excludes halogenated alkanes) is 1. The Morgan fingerprint density at radius 2 is 2.13 bits per heavy atom. The summed E-state index contributed by atoms with van der Waals surface area (Å²) in [6, 6.07) is 0.387. The maximum Gasteiger partial charge on any atom is 0.315 e. The molecule has 0 spiro atoms. The maximum atomic E-state index is 11.5. The average Bonchev–Trinajstić information content (AvgIpc) is 2.22. The zero-order chi connectivity index (χ0) is 11.1. The van der Waals surface area contributed by atoms with Crippen molar-refractivity contribution in [2.24, 2.45) is 0 Å². The summed E-state index contributed by atoms with van der Waals surface area (Å²) in [5.74, 6) is 0. The van der Waals surface area contributed by atoms with E-state index in [1.807, 2.05) is 0 Å². The second kappa shape index (κ2) is 7.30. The Labute approximate surface area is 106 Å². The molecule has 3 nitrogen and oxygen atoms in total. The van der Waals surface area contributed by atoms with Crippen molar-refractivity contribution in [1.29, 1.82) is 0 Å². The molecular formula is C11H21IN2O. The van der Waals surface area contributed by atoms with E-state index in [2.05, 4.69) is 40.1 Å². The van der Waals surface area contributed by atoms with Crippen LogP contribution in [-0.2, 0) is 0 Å². The predicted molar refractivity (Wildman–Crippen MR) is 71.5 cm³/mol. The summed E-state index contributed by atoms with van der Waals surface area (Å²) in [7, 11) is 0. The molecular weight excluding hydrogens is 303 g/mol. The van der Waals surface area contributed by atoms with Crippen LogP contribution in [0, 0.1) is 0 Å². The van der Waals surface area contributed by atoms with Gasteiger partial charge in [-0.25, -0.2) is 4.79 Å². The number of halogens is 1. The molecule has 0 aliphatic heterocycles. The number of carbonyl (C=O) groups is 1. The fraction of sp³-hybridized carbons (Fsp3) is 0.909. The normalized spacial score (nSPS) is 26.0. The highest BCUT2D eigenvalue weighted by atomic mass is 127. The van der Waals surface area contributed by atoms with Crippen LogP contribution in [0.2, 0.25) is 0 Å². The summed E-state index contributed by atoms with van der Waals surface area (Å²) < 4.78 is 0.605. The maximum absolute atomic E-state index is 11.5. The second-order valence-electron chi connectivity index (χ2n) is 4.16. The molecule has 0 heterocycles. The summed E-state index contributed by atoms with van der Waals surface area (Å²) in [6.45, 7) is 2.92. The van der Waals surface area contributed by atoms with Crippen molar-refractivity contribution in [2.45, 2.75) is 55.4 Å². The standard InChI is InChI=1S/C11H21IN2O/c1-2-3-8-13-11(15)14-10-7-5-4-6-9(10)12/h9-10H,2-8H2,1H3,(H2,13,14,15)/t9-,10-/m1/s1. The zero-order valence-electron chi connectivity index (χ0n) is 9.39. The van der Waals surface area contributed by atoms with Gasteiger partial charge >= 0.3 is 6.03 Å². The molecule has 1 aliphatic carbocycles. The molecule has 0 bridgehead atoms. The Morgan fingerprint density at radius 1 is 1.40 bits per heavy atom. The van der Waals surface area contributed by atoms with E-state index in [0.29, 0.717) is 9.97 Å². The Balaban J connectivity index is 2.18. The Morgan fingerprint density at radius 3 is 2.80 bits per heavy atom. The van der Waals surface area contributed by atoms with Crippen LogP contribution in [0.4, 0.5) is 4.79 Å². The van der Waals surface area contributed by atoms with Gasteiger partial charge in [0.05, 0.1) is 0 Å². The molecule has 1 rings (SSSR count). The third-order valence-electron chi connectivity index (χ3n) is 2.81. The molecule has 0 aromatic heterocycles. The Hall–Kier alpha value is 0. The molecule has 1 fully saturated rings. The smallest absolute Gasteiger partial charge is 0.315 e. The summed E-state index contributed by atoms with van der Waals surface area (Å²) in [5.41, 5.74) is 0. The van der Waals surface area contributed by atoms with Crippen LogP contribution in [0.15, 0.2) is 0 Å². The van der Waals surface area contributed by atoms with Crippen LogP contribution < -0.4 is 10.6 Å². The van der Waals surface area contributed by atoms with Crippen molar-refractivity contribution in [3.63, 3.8) is 0 Å². The minimum atomic E-state index is 0.0111. The molecule has 0 unspecified atom stereocenters. The minimum absolute atomic E-state index is 0.0111. The van der Waals surface area contributed by atoms with Gasteiger partial charge in [0.1, 0.15) is 0 Å². The van der Waals surface area contributed by atoms with Crippen LogP contribution in [0.5, 0.6) is 0 Å². The third kappa shape index (κ3) is 5.04. The van der Waals surface area contributed by atoms with E-state index in [4.69, 9.17) is 0 Å². The average molecular weight is 324 g/mol. The van der Waals surface area contributed by atoms with E-state index < -0.39 is 0 Å². The van der Waals surface area contributed by atoms with Crippen molar-refractivity contribution in [2.75, 3.05) is 6.54 Å². The van der Waals surface area contributed by atoms with Crippen molar-refractivity contribution in [1.82, 2.24) is 10.6 Å². The molecule has 4 heteroatoms. The van der Waals surface area contributed by atoms with Crippen molar-refractivity contribution < 1.29 is 4.79 Å². The highest BCUT2D eigenvalue weighted by molar-refractivity contribution is 14.1. The lowest BCUT2D eigenvalue weighted by Gasteiger charge is -2.28. The van der Waals surface area contributed by atoms with Gasteiger partial charge in [-0.3, -0.25) is 0 Å². The molecule has 15 heavy (non-hydrogen) atoms. The lowest BCUT2D eigenvalue weighted by Crippen LogP contribution is -2.47. The van der Waals surface area contributed by atoms with E-state index in [1.54, 1.807) is 0 Å². The second-order valence-corrected chi connectivity index (χ2v) is 5.76. The fourth-order valence-electron chi connectivity index (χ4n) is 1.85. The molecule has 0 aromatic rings. The van der Waals surface area contributed by atoms with E-state index >= 15 is 0 Å². The SMILES string of the molecule is CCCCNC(=O)N[C@@H]1CCCC[C@H]1I. The number of carbonyl (C=O) groups excluding carboxylic acids is 1. The van der Waals surface area contributed by atoms with E-state index in [1.165, 1.54) is 19.3 Å². The molecule has 0 radical (unpaired) electrons.